The Bertz CT molecular complexity index is 271. The van der Waals surface area contributed by atoms with Crippen LogP contribution in [0.4, 0.5) is 0 Å². The highest BCUT2D eigenvalue weighted by Crippen LogP contribution is 2.27. The third-order valence-corrected chi connectivity index (χ3v) is 4.12. The molecule has 0 aliphatic heterocycles. The van der Waals surface area contributed by atoms with E-state index in [4.69, 9.17) is 4.74 Å². The van der Waals surface area contributed by atoms with Crippen molar-refractivity contribution in [2.24, 2.45) is 0 Å². The van der Waals surface area contributed by atoms with E-state index in [1.54, 1.807) is 0 Å². The summed E-state index contributed by atoms with van der Waals surface area (Å²) in [5, 5.41) is 0. The summed E-state index contributed by atoms with van der Waals surface area (Å²) in [6, 6.07) is 0. The Balaban J connectivity index is 5.09. The van der Waals surface area contributed by atoms with Gasteiger partial charge in [-0.3, -0.25) is 0 Å². The van der Waals surface area contributed by atoms with Gasteiger partial charge in [-0.05, 0) is 38.5 Å². The molecule has 0 atom stereocenters. The molecule has 0 unspecified atom stereocenters. The quantitative estimate of drug-likeness (QED) is 0.449. The van der Waals surface area contributed by atoms with Gasteiger partial charge in [0.1, 0.15) is 5.60 Å². The third kappa shape index (κ3) is 4.15. The number of rotatable bonds is 8. The van der Waals surface area contributed by atoms with E-state index in [1.807, 2.05) is 6.92 Å². The summed E-state index contributed by atoms with van der Waals surface area (Å²) in [6.45, 7) is 12.5. The van der Waals surface area contributed by atoms with Gasteiger partial charge in [-0.25, -0.2) is 4.79 Å². The van der Waals surface area contributed by atoms with Crippen LogP contribution in [0.15, 0.2) is 11.1 Å². The first kappa shape index (κ1) is 17.2. The zero-order valence-corrected chi connectivity index (χ0v) is 13.1. The molecule has 0 saturated heterocycles. The Morgan fingerprint density at radius 2 is 1.28 bits per heavy atom. The Hall–Kier alpha value is -0.790. The van der Waals surface area contributed by atoms with Crippen molar-refractivity contribution in [2.45, 2.75) is 85.7 Å². The van der Waals surface area contributed by atoms with Crippen LogP contribution >= 0.6 is 0 Å². The second kappa shape index (κ2) is 8.34. The largest absolute Gasteiger partial charge is 0.456 e. The highest BCUT2D eigenvalue weighted by atomic mass is 16.6. The SMILES string of the molecule is CCC(CC)=C(CC)C(=O)OC(CC)(CC)CC. The van der Waals surface area contributed by atoms with Gasteiger partial charge < -0.3 is 4.74 Å². The average Bonchev–Trinajstić information content (AvgIpc) is 2.41. The summed E-state index contributed by atoms with van der Waals surface area (Å²) >= 11 is 0. The summed E-state index contributed by atoms with van der Waals surface area (Å²) in [7, 11) is 0. The smallest absolute Gasteiger partial charge is 0.334 e. The standard InChI is InChI=1S/C16H30O2/c1-7-13(8-2)14(9-3)15(17)18-16(10-4,11-5)12-6/h7-12H2,1-6H3. The Kier molecular flexibility index (Phi) is 7.97. The van der Waals surface area contributed by atoms with Crippen LogP contribution in [0.5, 0.6) is 0 Å². The molecule has 0 amide bonds. The molecule has 0 bridgehead atoms. The average molecular weight is 254 g/mol. The summed E-state index contributed by atoms with van der Waals surface area (Å²) in [4.78, 5) is 12.3. The monoisotopic (exact) mass is 254 g/mol. The van der Waals surface area contributed by atoms with Crippen molar-refractivity contribution in [1.82, 2.24) is 0 Å². The normalized spacial score (nSPS) is 11.2. The van der Waals surface area contributed by atoms with Gasteiger partial charge in [0.05, 0.1) is 0 Å². The molecular weight excluding hydrogens is 224 g/mol. The van der Waals surface area contributed by atoms with Gasteiger partial charge in [0.25, 0.3) is 0 Å². The predicted molar refractivity (Wildman–Crippen MR) is 77.6 cm³/mol. The number of esters is 1. The molecule has 106 valence electrons. The first-order chi connectivity index (χ1) is 8.53. The fraction of sp³-hybridized carbons (Fsp3) is 0.812. The molecule has 0 N–H and O–H groups in total. The van der Waals surface area contributed by atoms with Crippen molar-refractivity contribution in [3.8, 4) is 0 Å². The first-order valence-corrected chi connectivity index (χ1v) is 7.48. The van der Waals surface area contributed by atoms with Crippen LogP contribution in [0.2, 0.25) is 0 Å². The van der Waals surface area contributed by atoms with E-state index >= 15 is 0 Å². The Labute approximate surface area is 113 Å². The fourth-order valence-electron chi connectivity index (χ4n) is 2.44. The van der Waals surface area contributed by atoms with Crippen LogP contribution in [0.3, 0.4) is 0 Å². The summed E-state index contributed by atoms with van der Waals surface area (Å²) < 4.78 is 5.83. The molecule has 0 radical (unpaired) electrons. The van der Waals surface area contributed by atoms with Gasteiger partial charge in [0.15, 0.2) is 0 Å². The van der Waals surface area contributed by atoms with Crippen LogP contribution < -0.4 is 0 Å². The van der Waals surface area contributed by atoms with Gasteiger partial charge in [-0.15, -0.1) is 0 Å². The second-order valence-corrected chi connectivity index (χ2v) is 4.78. The third-order valence-electron chi connectivity index (χ3n) is 4.12. The zero-order valence-electron chi connectivity index (χ0n) is 13.1. The molecule has 0 fully saturated rings. The van der Waals surface area contributed by atoms with Crippen molar-refractivity contribution in [2.75, 3.05) is 0 Å². The Morgan fingerprint density at radius 1 is 0.833 bits per heavy atom. The molecule has 0 aliphatic carbocycles. The maximum absolute atomic E-state index is 12.3. The van der Waals surface area contributed by atoms with E-state index in [0.717, 1.165) is 44.1 Å². The van der Waals surface area contributed by atoms with Crippen molar-refractivity contribution in [1.29, 1.82) is 0 Å². The van der Waals surface area contributed by atoms with Crippen LogP contribution in [-0.4, -0.2) is 11.6 Å². The van der Waals surface area contributed by atoms with Gasteiger partial charge >= 0.3 is 5.97 Å². The highest BCUT2D eigenvalue weighted by molar-refractivity contribution is 5.89. The highest BCUT2D eigenvalue weighted by Gasteiger charge is 2.29. The predicted octanol–water partition coefficient (Wildman–Crippen LogP) is 5.03. The second-order valence-electron chi connectivity index (χ2n) is 4.78. The molecule has 0 saturated carbocycles. The summed E-state index contributed by atoms with van der Waals surface area (Å²) in [5.74, 6) is -0.0956. The van der Waals surface area contributed by atoms with E-state index in [1.165, 1.54) is 5.57 Å². The summed E-state index contributed by atoms with van der Waals surface area (Å²) in [5.41, 5.74) is 1.85. The minimum absolute atomic E-state index is 0.0956. The molecule has 0 aliphatic rings. The molecular formula is C16H30O2. The van der Waals surface area contributed by atoms with Crippen molar-refractivity contribution in [3.63, 3.8) is 0 Å². The van der Waals surface area contributed by atoms with Crippen molar-refractivity contribution < 1.29 is 9.53 Å². The van der Waals surface area contributed by atoms with Gasteiger partial charge in [-0.1, -0.05) is 47.1 Å². The fourth-order valence-corrected chi connectivity index (χ4v) is 2.44. The Morgan fingerprint density at radius 3 is 1.56 bits per heavy atom. The van der Waals surface area contributed by atoms with E-state index in [9.17, 15) is 4.79 Å². The molecule has 2 nitrogen and oxygen atoms in total. The number of carbonyl (C=O) groups excluding carboxylic acids is 1. The van der Waals surface area contributed by atoms with Gasteiger partial charge in [0, 0.05) is 5.57 Å². The number of carbonyl (C=O) groups is 1. The molecule has 0 rings (SSSR count). The van der Waals surface area contributed by atoms with Crippen LogP contribution in [0, 0.1) is 0 Å². The molecule has 0 aromatic rings. The lowest BCUT2D eigenvalue weighted by molar-refractivity contribution is -0.156. The summed E-state index contributed by atoms with van der Waals surface area (Å²) in [6.07, 6.45) is 5.30. The van der Waals surface area contributed by atoms with Crippen LogP contribution in [-0.2, 0) is 9.53 Å². The van der Waals surface area contributed by atoms with Crippen molar-refractivity contribution >= 4 is 5.97 Å². The van der Waals surface area contributed by atoms with Crippen LogP contribution in [0.25, 0.3) is 0 Å². The molecule has 0 aromatic heterocycles. The van der Waals surface area contributed by atoms with Crippen molar-refractivity contribution in [3.05, 3.63) is 11.1 Å². The van der Waals surface area contributed by atoms with Gasteiger partial charge in [0.2, 0.25) is 0 Å². The molecule has 18 heavy (non-hydrogen) atoms. The molecule has 2 heteroatoms. The lowest BCUT2D eigenvalue weighted by atomic mass is 9.93. The van der Waals surface area contributed by atoms with E-state index in [-0.39, 0.29) is 11.6 Å². The van der Waals surface area contributed by atoms with E-state index in [2.05, 4.69) is 34.6 Å². The van der Waals surface area contributed by atoms with E-state index in [0.29, 0.717) is 0 Å². The maximum atomic E-state index is 12.3. The minimum Gasteiger partial charge on any atom is -0.456 e. The minimum atomic E-state index is -0.274. The number of hydrogen-bond acceptors (Lipinski definition) is 2. The van der Waals surface area contributed by atoms with Crippen LogP contribution in [0.1, 0.15) is 80.1 Å². The molecule has 0 spiro atoms. The molecule has 0 heterocycles. The lowest BCUT2D eigenvalue weighted by Gasteiger charge is -2.31. The number of ether oxygens (including phenoxy) is 1. The lowest BCUT2D eigenvalue weighted by Crippen LogP contribution is -2.33. The topological polar surface area (TPSA) is 26.3 Å². The number of hydrogen-bond donors (Lipinski definition) is 0. The number of allylic oxidation sites excluding steroid dienone is 1. The zero-order chi connectivity index (χ0) is 14.2. The van der Waals surface area contributed by atoms with E-state index < -0.39 is 0 Å². The molecule has 0 aromatic carbocycles. The maximum Gasteiger partial charge on any atom is 0.334 e. The first-order valence-electron chi connectivity index (χ1n) is 7.48. The van der Waals surface area contributed by atoms with Gasteiger partial charge in [-0.2, -0.15) is 0 Å².